The van der Waals surface area contributed by atoms with Gasteiger partial charge in [-0.2, -0.15) is 13.2 Å². The van der Waals surface area contributed by atoms with Crippen molar-refractivity contribution in [2.24, 2.45) is 0 Å². The highest BCUT2D eigenvalue weighted by Gasteiger charge is 2.30. The minimum Gasteiger partial charge on any atom is -0.349 e. The Morgan fingerprint density at radius 2 is 1.92 bits per heavy atom. The summed E-state index contributed by atoms with van der Waals surface area (Å²) in [4.78, 5) is 16.4. The summed E-state index contributed by atoms with van der Waals surface area (Å²) in [6, 6.07) is 11.8. The van der Waals surface area contributed by atoms with E-state index in [2.05, 4.69) is 26.2 Å². The van der Waals surface area contributed by atoms with Gasteiger partial charge in [0.1, 0.15) is 10.4 Å². The number of carbonyl (C=O) groups excluding carboxylic acids is 1. The van der Waals surface area contributed by atoms with Crippen LogP contribution in [0.2, 0.25) is 0 Å². The van der Waals surface area contributed by atoms with E-state index in [1.165, 1.54) is 6.07 Å². The molecule has 1 N–H and O–H groups in total. The van der Waals surface area contributed by atoms with E-state index >= 15 is 0 Å². The van der Waals surface area contributed by atoms with Crippen molar-refractivity contribution in [1.29, 1.82) is 0 Å². The molecule has 8 heteroatoms. The monoisotopic (exact) mass is 423 g/mol. The first-order chi connectivity index (χ1) is 12.3. The van der Waals surface area contributed by atoms with E-state index in [-0.39, 0.29) is 12.5 Å². The second-order valence-corrected chi connectivity index (χ2v) is 6.38. The van der Waals surface area contributed by atoms with Crippen LogP contribution in [-0.4, -0.2) is 15.5 Å². The highest BCUT2D eigenvalue weighted by atomic mass is 79.9. The fourth-order valence-corrected chi connectivity index (χ4v) is 2.74. The Morgan fingerprint density at radius 3 is 2.65 bits per heavy atom. The lowest BCUT2D eigenvalue weighted by molar-refractivity contribution is -0.137. The van der Waals surface area contributed by atoms with Gasteiger partial charge < -0.3 is 9.88 Å². The predicted molar refractivity (Wildman–Crippen MR) is 94.9 cm³/mol. The van der Waals surface area contributed by atoms with Gasteiger partial charge in [0.15, 0.2) is 0 Å². The number of nitrogens with zero attached hydrogens (tertiary/aromatic N) is 2. The van der Waals surface area contributed by atoms with E-state index in [1.807, 2.05) is 0 Å². The van der Waals surface area contributed by atoms with Gasteiger partial charge in [-0.15, -0.1) is 0 Å². The van der Waals surface area contributed by atoms with Gasteiger partial charge in [-0.25, -0.2) is 4.98 Å². The molecule has 0 radical (unpaired) electrons. The van der Waals surface area contributed by atoms with Crippen molar-refractivity contribution in [3.63, 3.8) is 0 Å². The Balaban J connectivity index is 1.71. The molecule has 1 aromatic carbocycles. The molecule has 3 rings (SSSR count). The Bertz CT molecular complexity index is 937. The molecule has 0 aliphatic rings. The third-order valence-corrected chi connectivity index (χ3v) is 4.03. The number of alkyl halides is 3. The average molecular weight is 424 g/mol. The Kier molecular flexibility index (Phi) is 5.13. The average Bonchev–Trinajstić information content (AvgIpc) is 3.03. The second-order valence-electron chi connectivity index (χ2n) is 5.57. The van der Waals surface area contributed by atoms with Gasteiger partial charge in [-0.1, -0.05) is 18.2 Å². The van der Waals surface area contributed by atoms with E-state index in [4.69, 9.17) is 0 Å². The number of pyridine rings is 1. The number of anilines is 1. The number of hydrogen-bond donors (Lipinski definition) is 1. The summed E-state index contributed by atoms with van der Waals surface area (Å²) < 4.78 is 40.6. The summed E-state index contributed by atoms with van der Waals surface area (Å²) in [6.07, 6.45) is -1.16. The van der Waals surface area contributed by atoms with Gasteiger partial charge >= 0.3 is 6.18 Å². The van der Waals surface area contributed by atoms with Gasteiger partial charge in [0.05, 0.1) is 11.1 Å². The first-order valence-corrected chi connectivity index (χ1v) is 8.36. The molecule has 2 heterocycles. The highest BCUT2D eigenvalue weighted by Crippen LogP contribution is 2.29. The lowest BCUT2D eigenvalue weighted by atomic mass is 10.1. The molecule has 0 bridgehead atoms. The molecule has 0 aliphatic carbocycles. The van der Waals surface area contributed by atoms with Gasteiger partial charge in [0.2, 0.25) is 0 Å². The van der Waals surface area contributed by atoms with Crippen LogP contribution in [0.4, 0.5) is 19.0 Å². The zero-order chi connectivity index (χ0) is 18.7. The Labute approximate surface area is 155 Å². The van der Waals surface area contributed by atoms with E-state index < -0.39 is 11.7 Å². The van der Waals surface area contributed by atoms with Crippen molar-refractivity contribution in [2.75, 3.05) is 5.32 Å². The van der Waals surface area contributed by atoms with Crippen LogP contribution in [-0.2, 0) is 12.7 Å². The Morgan fingerprint density at radius 1 is 1.15 bits per heavy atom. The zero-order valence-corrected chi connectivity index (χ0v) is 14.9. The van der Waals surface area contributed by atoms with Gasteiger partial charge in [-0.3, -0.25) is 4.79 Å². The van der Waals surface area contributed by atoms with Crippen LogP contribution in [0.25, 0.3) is 0 Å². The molecular formula is C18H13BrF3N3O. The number of rotatable bonds is 4. The number of hydrogen-bond acceptors (Lipinski definition) is 2. The van der Waals surface area contributed by atoms with Crippen molar-refractivity contribution >= 4 is 27.7 Å². The number of halogens is 4. The highest BCUT2D eigenvalue weighted by molar-refractivity contribution is 9.10. The molecule has 134 valence electrons. The van der Waals surface area contributed by atoms with Crippen molar-refractivity contribution in [3.8, 4) is 0 Å². The predicted octanol–water partition coefficient (Wildman–Crippen LogP) is 4.97. The fourth-order valence-electron chi connectivity index (χ4n) is 2.40. The van der Waals surface area contributed by atoms with Crippen LogP contribution in [0.15, 0.2) is 65.5 Å². The number of aromatic nitrogens is 2. The van der Waals surface area contributed by atoms with Crippen LogP contribution < -0.4 is 5.32 Å². The normalized spacial score (nSPS) is 11.4. The maximum absolute atomic E-state index is 12.8. The molecule has 0 fully saturated rings. The summed E-state index contributed by atoms with van der Waals surface area (Å²) in [5.74, 6) is 0.0494. The van der Waals surface area contributed by atoms with E-state index in [9.17, 15) is 18.0 Å². The molecule has 0 saturated heterocycles. The molecule has 0 atom stereocenters. The Hall–Kier alpha value is -2.61. The second kappa shape index (κ2) is 7.33. The number of amides is 1. The summed E-state index contributed by atoms with van der Waals surface area (Å²) >= 11 is 3.22. The summed E-state index contributed by atoms with van der Waals surface area (Å²) in [5, 5.41) is 2.66. The van der Waals surface area contributed by atoms with Crippen molar-refractivity contribution in [1.82, 2.24) is 9.55 Å². The lowest BCUT2D eigenvalue weighted by Crippen LogP contribution is -2.12. The van der Waals surface area contributed by atoms with Crippen molar-refractivity contribution in [3.05, 3.63) is 82.2 Å². The molecule has 0 spiro atoms. The topological polar surface area (TPSA) is 46.9 Å². The largest absolute Gasteiger partial charge is 0.416 e. The zero-order valence-electron chi connectivity index (χ0n) is 13.3. The molecular weight excluding hydrogens is 411 g/mol. The number of benzene rings is 1. The van der Waals surface area contributed by atoms with Crippen molar-refractivity contribution in [2.45, 2.75) is 12.7 Å². The molecule has 4 nitrogen and oxygen atoms in total. The third-order valence-electron chi connectivity index (χ3n) is 3.59. The minimum atomic E-state index is -4.38. The summed E-state index contributed by atoms with van der Waals surface area (Å²) in [6.45, 7) is 0.229. The van der Waals surface area contributed by atoms with Gasteiger partial charge in [-0.05, 0) is 51.8 Å². The minimum absolute atomic E-state index is 0.229. The standard InChI is InChI=1S/C18H13BrF3N3O/c19-15-5-2-6-16(23-15)24-17(26)13-7-8-25(11-13)10-12-3-1-4-14(9-12)18(20,21)22/h1-9,11H,10H2,(H,23,24,26). The summed E-state index contributed by atoms with van der Waals surface area (Å²) in [7, 11) is 0. The molecule has 0 aliphatic heterocycles. The molecule has 0 unspecified atom stereocenters. The quantitative estimate of drug-likeness (QED) is 0.602. The first kappa shape index (κ1) is 18.2. The molecule has 3 aromatic rings. The SMILES string of the molecule is O=C(Nc1cccc(Br)n1)c1ccn(Cc2cccc(C(F)(F)F)c2)c1. The van der Waals surface area contributed by atoms with E-state index in [0.29, 0.717) is 21.5 Å². The van der Waals surface area contributed by atoms with Crippen LogP contribution in [0.3, 0.4) is 0 Å². The first-order valence-electron chi connectivity index (χ1n) is 7.57. The molecule has 0 saturated carbocycles. The molecule has 1 amide bonds. The lowest BCUT2D eigenvalue weighted by Gasteiger charge is -2.09. The van der Waals surface area contributed by atoms with E-state index in [1.54, 1.807) is 47.3 Å². The summed E-state index contributed by atoms with van der Waals surface area (Å²) in [5.41, 5.74) is 0.190. The third kappa shape index (κ3) is 4.51. The van der Waals surface area contributed by atoms with Gasteiger partial charge in [0, 0.05) is 18.9 Å². The van der Waals surface area contributed by atoms with Crippen molar-refractivity contribution < 1.29 is 18.0 Å². The molecule has 26 heavy (non-hydrogen) atoms. The maximum Gasteiger partial charge on any atom is 0.416 e. The maximum atomic E-state index is 12.8. The van der Waals surface area contributed by atoms with E-state index in [0.717, 1.165) is 12.1 Å². The van der Waals surface area contributed by atoms with Crippen LogP contribution in [0.5, 0.6) is 0 Å². The number of nitrogens with one attached hydrogen (secondary N) is 1. The van der Waals surface area contributed by atoms with Crippen LogP contribution in [0.1, 0.15) is 21.5 Å². The number of carbonyl (C=O) groups is 1. The molecule has 2 aromatic heterocycles. The smallest absolute Gasteiger partial charge is 0.349 e. The van der Waals surface area contributed by atoms with Gasteiger partial charge in [0.25, 0.3) is 5.91 Å². The van der Waals surface area contributed by atoms with Crippen LogP contribution >= 0.6 is 15.9 Å². The van der Waals surface area contributed by atoms with Crippen LogP contribution in [0, 0.1) is 0 Å². The fraction of sp³-hybridized carbons (Fsp3) is 0.111.